The first-order chi connectivity index (χ1) is 8.02. The fraction of sp³-hybridized carbons (Fsp3) is 0.917. The maximum Gasteiger partial charge on any atom is 0.237 e. The van der Waals surface area contributed by atoms with Gasteiger partial charge in [-0.25, -0.2) is 0 Å². The van der Waals surface area contributed by atoms with Gasteiger partial charge in [0.2, 0.25) is 5.91 Å². The van der Waals surface area contributed by atoms with Gasteiger partial charge in [-0.05, 0) is 26.8 Å². The molecule has 3 N–H and O–H groups in total. The van der Waals surface area contributed by atoms with Gasteiger partial charge >= 0.3 is 0 Å². The number of hydrogen-bond acceptors (Lipinski definition) is 4. The Morgan fingerprint density at radius 1 is 1.53 bits per heavy atom. The van der Waals surface area contributed by atoms with Crippen molar-refractivity contribution in [3.63, 3.8) is 0 Å². The Morgan fingerprint density at radius 2 is 2.18 bits per heavy atom. The highest BCUT2D eigenvalue weighted by molar-refractivity contribution is 5.81. The molecule has 102 valence electrons. The van der Waals surface area contributed by atoms with Crippen LogP contribution in [0, 0.1) is 0 Å². The van der Waals surface area contributed by atoms with Gasteiger partial charge in [0.25, 0.3) is 0 Å². The van der Waals surface area contributed by atoms with Crippen molar-refractivity contribution in [2.24, 2.45) is 5.73 Å². The Hall–Kier alpha value is -0.650. The Kier molecular flexibility index (Phi) is 9.03. The summed E-state index contributed by atoms with van der Waals surface area (Å²) in [5.41, 5.74) is 5.70. The molecule has 0 rings (SSSR count). The summed E-state index contributed by atoms with van der Waals surface area (Å²) in [7, 11) is 3.66. The number of carbonyl (C=O) groups is 1. The third-order valence-electron chi connectivity index (χ3n) is 3.08. The van der Waals surface area contributed by atoms with E-state index in [1.54, 1.807) is 7.11 Å². The number of amides is 1. The zero-order valence-corrected chi connectivity index (χ0v) is 11.5. The lowest BCUT2D eigenvalue weighted by Crippen LogP contribution is -2.44. The maximum atomic E-state index is 11.6. The van der Waals surface area contributed by atoms with Crippen LogP contribution in [-0.4, -0.2) is 56.7 Å². The first-order valence-electron chi connectivity index (χ1n) is 6.25. The van der Waals surface area contributed by atoms with Gasteiger partial charge < -0.3 is 20.7 Å². The number of hydrogen-bond donors (Lipinski definition) is 2. The van der Waals surface area contributed by atoms with Crippen LogP contribution >= 0.6 is 0 Å². The summed E-state index contributed by atoms with van der Waals surface area (Å²) in [6.45, 7) is 6.33. The molecular weight excluding hydrogens is 218 g/mol. The maximum absolute atomic E-state index is 11.6. The predicted octanol–water partition coefficient (Wildman–Crippen LogP) is 0.197. The molecule has 17 heavy (non-hydrogen) atoms. The third kappa shape index (κ3) is 7.31. The SMILES string of the molecule is CCC(C)N(C)CCNC(=O)C(N)CCOC. The minimum absolute atomic E-state index is 0.0976. The van der Waals surface area contributed by atoms with Crippen molar-refractivity contribution >= 4 is 5.91 Å². The number of carbonyl (C=O) groups excluding carboxylic acids is 1. The van der Waals surface area contributed by atoms with Crippen molar-refractivity contribution in [1.82, 2.24) is 10.2 Å². The zero-order valence-electron chi connectivity index (χ0n) is 11.5. The lowest BCUT2D eigenvalue weighted by molar-refractivity contribution is -0.122. The second-order valence-electron chi connectivity index (χ2n) is 4.42. The van der Waals surface area contributed by atoms with Gasteiger partial charge in [-0.2, -0.15) is 0 Å². The molecule has 0 bridgehead atoms. The molecule has 0 aliphatic carbocycles. The first-order valence-corrected chi connectivity index (χ1v) is 6.25. The van der Waals surface area contributed by atoms with Crippen LogP contribution < -0.4 is 11.1 Å². The minimum atomic E-state index is -0.469. The van der Waals surface area contributed by atoms with Crippen molar-refractivity contribution in [3.8, 4) is 0 Å². The van der Waals surface area contributed by atoms with E-state index in [1.807, 2.05) is 0 Å². The smallest absolute Gasteiger partial charge is 0.237 e. The van der Waals surface area contributed by atoms with E-state index in [1.165, 1.54) is 0 Å². The minimum Gasteiger partial charge on any atom is -0.385 e. The molecule has 5 nitrogen and oxygen atoms in total. The van der Waals surface area contributed by atoms with Crippen LogP contribution in [0.2, 0.25) is 0 Å². The van der Waals surface area contributed by atoms with E-state index in [0.29, 0.717) is 25.6 Å². The summed E-state index contributed by atoms with van der Waals surface area (Å²) >= 11 is 0. The van der Waals surface area contributed by atoms with Crippen molar-refractivity contribution in [1.29, 1.82) is 0 Å². The molecule has 0 aromatic heterocycles. The van der Waals surface area contributed by atoms with Gasteiger partial charge in [0.15, 0.2) is 0 Å². The van der Waals surface area contributed by atoms with Crippen LogP contribution in [0.25, 0.3) is 0 Å². The monoisotopic (exact) mass is 245 g/mol. The number of nitrogens with one attached hydrogen (secondary N) is 1. The summed E-state index contributed by atoms with van der Waals surface area (Å²) in [5, 5.41) is 2.84. The van der Waals surface area contributed by atoms with Crippen molar-refractivity contribution < 1.29 is 9.53 Å². The largest absolute Gasteiger partial charge is 0.385 e. The van der Waals surface area contributed by atoms with E-state index in [-0.39, 0.29) is 5.91 Å². The molecule has 1 amide bonds. The highest BCUT2D eigenvalue weighted by atomic mass is 16.5. The Balaban J connectivity index is 3.70. The predicted molar refractivity (Wildman–Crippen MR) is 69.9 cm³/mol. The Bertz CT molecular complexity index is 212. The van der Waals surface area contributed by atoms with Crippen LogP contribution in [0.4, 0.5) is 0 Å². The van der Waals surface area contributed by atoms with Gasteiger partial charge in [-0.15, -0.1) is 0 Å². The second-order valence-corrected chi connectivity index (χ2v) is 4.42. The molecule has 5 heteroatoms. The average molecular weight is 245 g/mol. The quantitative estimate of drug-likeness (QED) is 0.609. The lowest BCUT2D eigenvalue weighted by Gasteiger charge is -2.23. The summed E-state index contributed by atoms with van der Waals surface area (Å²) in [6, 6.07) is 0.0675. The highest BCUT2D eigenvalue weighted by Crippen LogP contribution is 1.98. The molecule has 0 aromatic rings. The summed E-state index contributed by atoms with van der Waals surface area (Å²) in [4.78, 5) is 13.8. The topological polar surface area (TPSA) is 67.6 Å². The molecule has 0 spiro atoms. The van der Waals surface area contributed by atoms with Crippen molar-refractivity contribution in [2.75, 3.05) is 33.9 Å². The molecule has 0 aliphatic rings. The van der Waals surface area contributed by atoms with E-state index in [9.17, 15) is 4.79 Å². The van der Waals surface area contributed by atoms with Crippen LogP contribution in [-0.2, 0) is 9.53 Å². The van der Waals surface area contributed by atoms with Crippen molar-refractivity contribution in [3.05, 3.63) is 0 Å². The standard InChI is InChI=1S/C12H27N3O2/c1-5-10(2)15(3)8-7-14-12(16)11(13)6-9-17-4/h10-11H,5-9,13H2,1-4H3,(H,14,16). The molecule has 2 unspecified atom stereocenters. The first kappa shape index (κ1) is 16.4. The normalized spacial score (nSPS) is 14.7. The van der Waals surface area contributed by atoms with E-state index in [2.05, 4.69) is 31.1 Å². The van der Waals surface area contributed by atoms with Crippen LogP contribution in [0.1, 0.15) is 26.7 Å². The molecule has 2 atom stereocenters. The molecule has 0 aromatic carbocycles. The molecule has 0 saturated carbocycles. The van der Waals surface area contributed by atoms with Crippen LogP contribution in [0.3, 0.4) is 0 Å². The van der Waals surface area contributed by atoms with E-state index in [0.717, 1.165) is 13.0 Å². The highest BCUT2D eigenvalue weighted by Gasteiger charge is 2.13. The summed E-state index contributed by atoms with van der Waals surface area (Å²) < 4.78 is 4.88. The Labute approximate surface area is 105 Å². The van der Waals surface area contributed by atoms with E-state index >= 15 is 0 Å². The number of nitrogens with zero attached hydrogens (tertiary/aromatic N) is 1. The van der Waals surface area contributed by atoms with Crippen LogP contribution in [0.15, 0.2) is 0 Å². The third-order valence-corrected chi connectivity index (χ3v) is 3.08. The van der Waals surface area contributed by atoms with Gasteiger partial charge in [0.05, 0.1) is 6.04 Å². The summed E-state index contributed by atoms with van der Waals surface area (Å²) in [6.07, 6.45) is 1.67. The number of nitrogens with two attached hydrogens (primary N) is 1. The molecule has 0 saturated heterocycles. The fourth-order valence-corrected chi connectivity index (χ4v) is 1.39. The van der Waals surface area contributed by atoms with Gasteiger partial charge in [-0.1, -0.05) is 6.92 Å². The lowest BCUT2D eigenvalue weighted by atomic mass is 10.2. The number of likely N-dealkylation sites (N-methyl/N-ethyl adjacent to an activating group) is 1. The number of rotatable bonds is 9. The summed E-state index contributed by atoms with van der Waals surface area (Å²) in [5.74, 6) is -0.0976. The molecule has 0 heterocycles. The Morgan fingerprint density at radius 3 is 2.71 bits per heavy atom. The average Bonchev–Trinajstić information content (AvgIpc) is 2.34. The van der Waals surface area contributed by atoms with E-state index < -0.39 is 6.04 Å². The van der Waals surface area contributed by atoms with Gasteiger partial charge in [0.1, 0.15) is 0 Å². The molecule has 0 radical (unpaired) electrons. The number of ether oxygens (including phenoxy) is 1. The molecule has 0 fully saturated rings. The van der Waals surface area contributed by atoms with E-state index in [4.69, 9.17) is 10.5 Å². The number of methoxy groups -OCH3 is 1. The fourth-order valence-electron chi connectivity index (χ4n) is 1.39. The second kappa shape index (κ2) is 9.39. The molecular formula is C12H27N3O2. The molecule has 0 aliphatic heterocycles. The van der Waals surface area contributed by atoms with Crippen LogP contribution in [0.5, 0.6) is 0 Å². The van der Waals surface area contributed by atoms with Gasteiger partial charge in [0, 0.05) is 32.8 Å². The van der Waals surface area contributed by atoms with Crippen molar-refractivity contribution in [2.45, 2.75) is 38.8 Å². The van der Waals surface area contributed by atoms with Gasteiger partial charge in [-0.3, -0.25) is 4.79 Å². The zero-order chi connectivity index (χ0) is 13.3.